The Balaban J connectivity index is 1.58. The zero-order valence-corrected chi connectivity index (χ0v) is 21.7. The molecular weight excluding hydrogens is 482 g/mol. The third kappa shape index (κ3) is 5.75. The highest BCUT2D eigenvalue weighted by atomic mass is 19.1. The number of carbonyl (C=O) groups excluding carboxylic acids is 2. The number of aromatic nitrogens is 2. The molecule has 1 fully saturated rings. The van der Waals surface area contributed by atoms with Crippen molar-refractivity contribution in [3.05, 3.63) is 41.1 Å². The summed E-state index contributed by atoms with van der Waals surface area (Å²) >= 11 is 0. The number of nitrogens with zero attached hydrogens (tertiary/aromatic N) is 5. The maximum atomic E-state index is 13.2. The summed E-state index contributed by atoms with van der Waals surface area (Å²) in [6.45, 7) is 8.39. The number of halogens is 2. The van der Waals surface area contributed by atoms with Crippen LogP contribution < -0.4 is 15.0 Å². The van der Waals surface area contributed by atoms with E-state index in [4.69, 9.17) is 9.72 Å². The molecule has 2 aromatic rings. The van der Waals surface area contributed by atoms with Crippen molar-refractivity contribution in [3.8, 4) is 5.75 Å². The van der Waals surface area contributed by atoms with Gasteiger partial charge in [-0.05, 0) is 38.5 Å². The van der Waals surface area contributed by atoms with Gasteiger partial charge in [-0.15, -0.1) is 0 Å². The first-order chi connectivity index (χ1) is 17.7. The third-order valence-electron chi connectivity index (χ3n) is 6.80. The number of hydrogen-bond donors (Lipinski definition) is 1. The molecule has 2 aliphatic rings. The number of ether oxygens (including phenoxy) is 1. The Morgan fingerprint density at radius 1 is 1.05 bits per heavy atom. The van der Waals surface area contributed by atoms with E-state index in [0.29, 0.717) is 55.9 Å². The highest BCUT2D eigenvalue weighted by molar-refractivity contribution is 5.98. The molecule has 9 nitrogen and oxygen atoms in total. The topological polar surface area (TPSA) is 90.9 Å². The molecule has 3 heterocycles. The number of fused-ring (bicyclic) bond motifs is 1. The Bertz CT molecular complexity index is 1120. The molecule has 0 aliphatic carbocycles. The quantitative estimate of drug-likeness (QED) is 0.547. The molecule has 1 N–H and O–H groups in total. The number of benzene rings is 1. The van der Waals surface area contributed by atoms with Gasteiger partial charge in [0.05, 0.1) is 6.54 Å². The van der Waals surface area contributed by atoms with Gasteiger partial charge in [0.2, 0.25) is 11.9 Å². The molecule has 0 bridgehead atoms. The second-order valence-electron chi connectivity index (χ2n) is 9.70. The van der Waals surface area contributed by atoms with Crippen molar-refractivity contribution in [2.24, 2.45) is 0 Å². The lowest BCUT2D eigenvalue weighted by Gasteiger charge is -2.34. The van der Waals surface area contributed by atoms with Crippen LogP contribution >= 0.6 is 0 Å². The molecule has 1 saturated heterocycles. The number of carbonyl (C=O) groups is 2. The fourth-order valence-electron chi connectivity index (χ4n) is 4.50. The van der Waals surface area contributed by atoms with Crippen molar-refractivity contribution < 1.29 is 23.1 Å². The van der Waals surface area contributed by atoms with E-state index in [1.807, 2.05) is 37.8 Å². The van der Waals surface area contributed by atoms with Crippen molar-refractivity contribution >= 4 is 23.6 Å². The number of anilines is 2. The van der Waals surface area contributed by atoms with Crippen LogP contribution in [0.1, 0.15) is 55.4 Å². The van der Waals surface area contributed by atoms with Gasteiger partial charge in [0.25, 0.3) is 5.91 Å². The number of alkyl halides is 2. The summed E-state index contributed by atoms with van der Waals surface area (Å²) in [7, 11) is 0. The Hall–Kier alpha value is -3.50. The van der Waals surface area contributed by atoms with Crippen LogP contribution in [0.5, 0.6) is 5.75 Å². The average molecular weight is 517 g/mol. The molecule has 0 radical (unpaired) electrons. The van der Waals surface area contributed by atoms with Crippen LogP contribution in [-0.4, -0.2) is 83.3 Å². The van der Waals surface area contributed by atoms with Gasteiger partial charge in [-0.1, -0.05) is 12.1 Å². The highest BCUT2D eigenvalue weighted by Crippen LogP contribution is 2.33. The Morgan fingerprint density at radius 3 is 2.27 bits per heavy atom. The lowest BCUT2D eigenvalue weighted by atomic mass is 10.1. The number of rotatable bonds is 9. The van der Waals surface area contributed by atoms with Gasteiger partial charge in [0.15, 0.2) is 6.10 Å². The maximum Gasteiger partial charge on any atom is 0.273 e. The minimum atomic E-state index is -1.11. The molecular formula is C26H34F2N6O3. The molecule has 1 atom stereocenters. The van der Waals surface area contributed by atoms with Gasteiger partial charge in [0.1, 0.15) is 30.6 Å². The lowest BCUT2D eigenvalue weighted by molar-refractivity contribution is -0.129. The molecule has 200 valence electrons. The first kappa shape index (κ1) is 26.6. The van der Waals surface area contributed by atoms with E-state index in [2.05, 4.69) is 10.3 Å². The second kappa shape index (κ2) is 11.3. The summed E-state index contributed by atoms with van der Waals surface area (Å²) in [6.07, 6.45) is -1.11. The molecule has 4 rings (SSSR count). The summed E-state index contributed by atoms with van der Waals surface area (Å²) in [4.78, 5) is 39.9. The Kier molecular flexibility index (Phi) is 8.09. The fourth-order valence-corrected chi connectivity index (χ4v) is 4.50. The van der Waals surface area contributed by atoms with Gasteiger partial charge in [-0.3, -0.25) is 9.59 Å². The van der Waals surface area contributed by atoms with Crippen LogP contribution in [0.3, 0.4) is 0 Å². The van der Waals surface area contributed by atoms with Crippen molar-refractivity contribution in [1.29, 1.82) is 0 Å². The van der Waals surface area contributed by atoms with E-state index in [9.17, 15) is 18.4 Å². The van der Waals surface area contributed by atoms with E-state index < -0.39 is 19.5 Å². The van der Waals surface area contributed by atoms with Gasteiger partial charge < -0.3 is 24.8 Å². The minimum Gasteiger partial charge on any atom is -0.485 e. The zero-order valence-electron chi connectivity index (χ0n) is 21.7. The van der Waals surface area contributed by atoms with E-state index in [1.54, 1.807) is 28.9 Å². The standard InChI is InChI=1S/C26H34F2N6O3/c1-16(2)34-15-22-23(25(34)36)30-26(33-11-9-32(10-12-33)18(4)35)31-24(22)29-17(3)19-5-7-20(8-6-19)37-21(13-27)14-28/h5-8,16-17,21H,9-15H2,1-4H3,(H,29,30,31). The number of nitrogens with one attached hydrogen (secondary N) is 1. The summed E-state index contributed by atoms with van der Waals surface area (Å²) in [5.74, 6) is 1.36. The van der Waals surface area contributed by atoms with Crippen LogP contribution in [-0.2, 0) is 11.3 Å². The van der Waals surface area contributed by atoms with Gasteiger partial charge in [-0.25, -0.2) is 13.8 Å². The predicted octanol–water partition coefficient (Wildman–Crippen LogP) is 3.37. The van der Waals surface area contributed by atoms with Gasteiger partial charge in [0, 0.05) is 50.7 Å². The van der Waals surface area contributed by atoms with E-state index in [-0.39, 0.29) is 23.9 Å². The van der Waals surface area contributed by atoms with Crippen molar-refractivity contribution in [2.75, 3.05) is 49.7 Å². The molecule has 0 saturated carbocycles. The molecule has 2 aliphatic heterocycles. The number of hydrogen-bond acceptors (Lipinski definition) is 7. The fraction of sp³-hybridized carbons (Fsp3) is 0.538. The minimum absolute atomic E-state index is 0.0135. The van der Waals surface area contributed by atoms with E-state index >= 15 is 0 Å². The Labute approximate surface area is 215 Å². The van der Waals surface area contributed by atoms with Gasteiger partial charge >= 0.3 is 0 Å². The zero-order chi connectivity index (χ0) is 26.7. The van der Waals surface area contributed by atoms with Gasteiger partial charge in [-0.2, -0.15) is 4.98 Å². The highest BCUT2D eigenvalue weighted by Gasteiger charge is 2.35. The number of piperazine rings is 1. The average Bonchev–Trinajstić information content (AvgIpc) is 3.24. The molecule has 1 unspecified atom stereocenters. The maximum absolute atomic E-state index is 13.2. The smallest absolute Gasteiger partial charge is 0.273 e. The van der Waals surface area contributed by atoms with Crippen molar-refractivity contribution in [2.45, 2.75) is 52.4 Å². The normalized spacial score (nSPS) is 16.4. The summed E-state index contributed by atoms with van der Waals surface area (Å²) < 4.78 is 30.9. The largest absolute Gasteiger partial charge is 0.485 e. The van der Waals surface area contributed by atoms with Crippen LogP contribution in [0, 0.1) is 0 Å². The third-order valence-corrected chi connectivity index (χ3v) is 6.80. The molecule has 0 spiro atoms. The predicted molar refractivity (Wildman–Crippen MR) is 136 cm³/mol. The van der Waals surface area contributed by atoms with Crippen LogP contribution in [0.15, 0.2) is 24.3 Å². The monoisotopic (exact) mass is 516 g/mol. The SMILES string of the molecule is CC(=O)N1CCN(c2nc(NC(C)c3ccc(OC(CF)CF)cc3)c3c(n2)C(=O)N(C(C)C)C3)CC1. The molecule has 1 aromatic heterocycles. The first-order valence-corrected chi connectivity index (χ1v) is 12.6. The van der Waals surface area contributed by atoms with Crippen LogP contribution in [0.2, 0.25) is 0 Å². The van der Waals surface area contributed by atoms with Crippen molar-refractivity contribution in [1.82, 2.24) is 19.8 Å². The summed E-state index contributed by atoms with van der Waals surface area (Å²) in [5, 5.41) is 3.45. The van der Waals surface area contributed by atoms with Crippen LogP contribution in [0.25, 0.3) is 0 Å². The number of amides is 2. The molecule has 37 heavy (non-hydrogen) atoms. The van der Waals surface area contributed by atoms with Crippen LogP contribution in [0.4, 0.5) is 20.5 Å². The second-order valence-corrected chi connectivity index (χ2v) is 9.70. The molecule has 1 aromatic carbocycles. The lowest BCUT2D eigenvalue weighted by Crippen LogP contribution is -2.48. The molecule has 2 amide bonds. The summed E-state index contributed by atoms with van der Waals surface area (Å²) in [6, 6.07) is 6.85. The molecule has 11 heteroatoms. The summed E-state index contributed by atoms with van der Waals surface area (Å²) in [5.41, 5.74) is 2.07. The van der Waals surface area contributed by atoms with E-state index in [0.717, 1.165) is 11.1 Å². The first-order valence-electron chi connectivity index (χ1n) is 12.6. The van der Waals surface area contributed by atoms with E-state index in [1.165, 1.54) is 0 Å². The van der Waals surface area contributed by atoms with Crippen molar-refractivity contribution in [3.63, 3.8) is 0 Å². The Morgan fingerprint density at radius 2 is 1.70 bits per heavy atom.